The zero-order valence-corrected chi connectivity index (χ0v) is 11.3. The Morgan fingerprint density at radius 3 is 2.75 bits per heavy atom. The average Bonchev–Trinajstić information content (AvgIpc) is 2.86. The Hall–Kier alpha value is -0.850. The van der Waals surface area contributed by atoms with Gasteiger partial charge in [-0.3, -0.25) is 0 Å². The quantitative estimate of drug-likeness (QED) is 0.630. The Kier molecular flexibility index (Phi) is 2.31. The topological polar surface area (TPSA) is 39.4 Å². The van der Waals surface area contributed by atoms with Gasteiger partial charge in [0.1, 0.15) is 16.0 Å². The molecular formula is C10H5BrO3S2. The van der Waals surface area contributed by atoms with E-state index in [-0.39, 0.29) is 5.97 Å². The van der Waals surface area contributed by atoms with E-state index in [0.717, 1.165) is 24.4 Å². The number of esters is 1. The molecule has 0 unspecified atom stereocenters. The lowest BCUT2D eigenvalue weighted by Crippen LogP contribution is -1.96. The van der Waals surface area contributed by atoms with Gasteiger partial charge >= 0.3 is 5.97 Å². The van der Waals surface area contributed by atoms with Crippen LogP contribution >= 0.6 is 38.6 Å². The van der Waals surface area contributed by atoms with Gasteiger partial charge in [0.25, 0.3) is 0 Å². The van der Waals surface area contributed by atoms with Crippen LogP contribution in [0.2, 0.25) is 0 Å². The van der Waals surface area contributed by atoms with Gasteiger partial charge in [-0.2, -0.15) is 0 Å². The molecule has 0 aliphatic rings. The molecule has 0 spiro atoms. The summed E-state index contributed by atoms with van der Waals surface area (Å²) in [5.41, 5.74) is 1.61. The number of thiophene rings is 2. The first-order valence-corrected chi connectivity index (χ1v) is 6.81. The lowest BCUT2D eigenvalue weighted by molar-refractivity contribution is 0.0606. The number of furan rings is 1. The second kappa shape index (κ2) is 3.58. The smallest absolute Gasteiger partial charge is 0.348 e. The maximum absolute atomic E-state index is 11.4. The van der Waals surface area contributed by atoms with Crippen LogP contribution in [-0.2, 0) is 4.74 Å². The van der Waals surface area contributed by atoms with Gasteiger partial charge in [-0.1, -0.05) is 0 Å². The number of methoxy groups -OCH3 is 1. The van der Waals surface area contributed by atoms with Crippen molar-refractivity contribution in [2.24, 2.45) is 0 Å². The maximum Gasteiger partial charge on any atom is 0.348 e. The largest absolute Gasteiger partial charge is 0.465 e. The number of fused-ring (bicyclic) bond motifs is 3. The van der Waals surface area contributed by atoms with Gasteiger partial charge in [0, 0.05) is 12.1 Å². The van der Waals surface area contributed by atoms with Gasteiger partial charge in [-0.15, -0.1) is 22.7 Å². The first-order chi connectivity index (χ1) is 7.69. The van der Waals surface area contributed by atoms with E-state index in [2.05, 4.69) is 20.7 Å². The van der Waals surface area contributed by atoms with Gasteiger partial charge in [0.05, 0.1) is 20.3 Å². The molecule has 0 aliphatic carbocycles. The summed E-state index contributed by atoms with van der Waals surface area (Å²) in [6, 6.07) is 3.66. The Labute approximate surface area is 107 Å². The van der Waals surface area contributed by atoms with Crippen molar-refractivity contribution < 1.29 is 13.9 Å². The fourth-order valence-corrected chi connectivity index (χ4v) is 4.15. The molecule has 3 rings (SSSR count). The van der Waals surface area contributed by atoms with Crippen molar-refractivity contribution in [3.8, 4) is 0 Å². The molecule has 6 heteroatoms. The molecule has 0 saturated heterocycles. The zero-order chi connectivity index (χ0) is 11.3. The summed E-state index contributed by atoms with van der Waals surface area (Å²) in [7, 11) is 1.38. The van der Waals surface area contributed by atoms with Crippen molar-refractivity contribution in [1.82, 2.24) is 0 Å². The molecule has 3 heterocycles. The molecule has 0 amide bonds. The molecule has 0 atom stereocenters. The van der Waals surface area contributed by atoms with Crippen molar-refractivity contribution in [3.63, 3.8) is 0 Å². The third-order valence-electron chi connectivity index (χ3n) is 2.18. The van der Waals surface area contributed by atoms with Crippen molar-refractivity contribution in [2.45, 2.75) is 0 Å². The van der Waals surface area contributed by atoms with Gasteiger partial charge in [0.15, 0.2) is 0 Å². The highest BCUT2D eigenvalue weighted by atomic mass is 79.9. The summed E-state index contributed by atoms with van der Waals surface area (Å²) in [5, 5.41) is 0. The minimum Gasteiger partial charge on any atom is -0.465 e. The second-order valence-electron chi connectivity index (χ2n) is 3.14. The molecule has 0 radical (unpaired) electrons. The number of carbonyl (C=O) groups excluding carboxylic acids is 1. The van der Waals surface area contributed by atoms with Crippen LogP contribution in [0, 0.1) is 0 Å². The van der Waals surface area contributed by atoms with Crippen molar-refractivity contribution in [1.29, 1.82) is 0 Å². The Balaban J connectivity index is 2.28. The number of carbonyl (C=O) groups is 1. The lowest BCUT2D eigenvalue weighted by atomic mass is 10.4. The minimum absolute atomic E-state index is 0.319. The fourth-order valence-electron chi connectivity index (χ4n) is 1.51. The summed E-state index contributed by atoms with van der Waals surface area (Å²) in [5.74, 6) is -0.319. The van der Waals surface area contributed by atoms with Gasteiger partial charge < -0.3 is 9.15 Å². The predicted octanol–water partition coefficient (Wildman–Crippen LogP) is 4.26. The fraction of sp³-hybridized carbons (Fsp3) is 0.100. The van der Waals surface area contributed by atoms with Crippen LogP contribution in [0.3, 0.4) is 0 Å². The number of ether oxygens (including phenoxy) is 1. The normalized spacial score (nSPS) is 11.4. The van der Waals surface area contributed by atoms with Crippen LogP contribution in [0.1, 0.15) is 9.67 Å². The van der Waals surface area contributed by atoms with E-state index in [9.17, 15) is 4.79 Å². The molecule has 0 fully saturated rings. The molecular weight excluding hydrogens is 312 g/mol. The highest BCUT2D eigenvalue weighted by Gasteiger charge is 2.17. The minimum atomic E-state index is -0.319. The third-order valence-corrected chi connectivity index (χ3v) is 5.06. The number of hydrogen-bond donors (Lipinski definition) is 0. The van der Waals surface area contributed by atoms with Crippen LogP contribution in [0.5, 0.6) is 0 Å². The van der Waals surface area contributed by atoms with Crippen molar-refractivity contribution in [2.75, 3.05) is 7.11 Å². The monoisotopic (exact) mass is 316 g/mol. The van der Waals surface area contributed by atoms with Gasteiger partial charge in [-0.25, -0.2) is 4.79 Å². The maximum atomic E-state index is 11.4. The summed E-state index contributed by atoms with van der Waals surface area (Å²) >= 11 is 6.41. The van der Waals surface area contributed by atoms with E-state index in [1.807, 2.05) is 6.07 Å². The molecule has 0 aromatic carbocycles. The molecule has 0 bridgehead atoms. The Morgan fingerprint density at radius 2 is 2.00 bits per heavy atom. The Bertz CT molecular complexity index is 691. The van der Waals surface area contributed by atoms with Crippen LogP contribution in [0.25, 0.3) is 20.6 Å². The summed E-state index contributed by atoms with van der Waals surface area (Å²) in [6.45, 7) is 0. The van der Waals surface area contributed by atoms with Crippen LogP contribution in [0.15, 0.2) is 20.3 Å². The van der Waals surface area contributed by atoms with Crippen molar-refractivity contribution in [3.05, 3.63) is 20.8 Å². The summed E-state index contributed by atoms with van der Waals surface area (Å²) in [6.07, 6.45) is 0. The molecule has 0 aliphatic heterocycles. The zero-order valence-electron chi connectivity index (χ0n) is 8.07. The summed E-state index contributed by atoms with van der Waals surface area (Å²) in [4.78, 5) is 11.9. The van der Waals surface area contributed by atoms with Crippen LogP contribution in [-0.4, -0.2) is 13.1 Å². The molecule has 3 nitrogen and oxygen atoms in total. The van der Waals surface area contributed by atoms with Gasteiger partial charge in [0.2, 0.25) is 0 Å². The summed E-state index contributed by atoms with van der Waals surface area (Å²) < 4.78 is 13.4. The average molecular weight is 317 g/mol. The van der Waals surface area contributed by atoms with Crippen LogP contribution < -0.4 is 0 Å². The molecule has 0 N–H and O–H groups in total. The first-order valence-electron chi connectivity index (χ1n) is 4.38. The van der Waals surface area contributed by atoms with E-state index >= 15 is 0 Å². The highest BCUT2D eigenvalue weighted by Crippen LogP contribution is 2.41. The predicted molar refractivity (Wildman–Crippen MR) is 68.5 cm³/mol. The number of halogens is 1. The molecule has 16 heavy (non-hydrogen) atoms. The van der Waals surface area contributed by atoms with Gasteiger partial charge in [-0.05, 0) is 15.9 Å². The van der Waals surface area contributed by atoms with Crippen LogP contribution in [0.4, 0.5) is 0 Å². The highest BCUT2D eigenvalue weighted by molar-refractivity contribution is 9.11. The van der Waals surface area contributed by atoms with E-state index in [1.165, 1.54) is 18.4 Å². The first kappa shape index (κ1) is 10.3. The molecule has 0 saturated carbocycles. The van der Waals surface area contributed by atoms with E-state index in [0.29, 0.717) is 4.88 Å². The number of hydrogen-bond acceptors (Lipinski definition) is 5. The third kappa shape index (κ3) is 1.41. The van der Waals surface area contributed by atoms with Crippen molar-refractivity contribution >= 4 is 65.1 Å². The molecule has 3 aromatic rings. The lowest BCUT2D eigenvalue weighted by Gasteiger charge is -1.90. The van der Waals surface area contributed by atoms with E-state index in [1.54, 1.807) is 17.4 Å². The Morgan fingerprint density at radius 1 is 1.31 bits per heavy atom. The second-order valence-corrected chi connectivity index (χ2v) is 6.63. The number of rotatable bonds is 1. The molecule has 3 aromatic heterocycles. The standard InChI is InChI=1S/C10H5BrO3S2/c1-13-10(12)6-2-4-8(15-6)9-5(14-4)3-7(11)16-9/h2-3H,1H3. The SMILES string of the molecule is COC(=O)c1cc2oc3cc(Br)sc3c2s1. The molecule has 82 valence electrons. The van der Waals surface area contributed by atoms with E-state index in [4.69, 9.17) is 4.42 Å². The van der Waals surface area contributed by atoms with E-state index < -0.39 is 0 Å².